The first-order valence-corrected chi connectivity index (χ1v) is 14.7. The molecule has 234 valence electrons. The van der Waals surface area contributed by atoms with Crippen LogP contribution in [0, 0.1) is 0 Å². The standard InChI is InChI=1S/C32H40N6O6/c1-9-42-30(39)28-23-13-22(37-15-19(2)38(20(3)16-37)31(40)44-32(4,5)6)10-11-25(23)33-29(34-28)24-12-21-17-36(7)35-26(21)14-27(24)43-18-41-8/h10-14,17,19-20H,9,15-16,18H2,1-8H3/t19-,20+. The van der Waals surface area contributed by atoms with E-state index in [1.54, 1.807) is 23.6 Å². The molecular formula is C32H40N6O6. The molecule has 0 bridgehead atoms. The number of esters is 1. The predicted octanol–water partition coefficient (Wildman–Crippen LogP) is 5.18. The summed E-state index contributed by atoms with van der Waals surface area (Å²) < 4.78 is 23.8. The lowest BCUT2D eigenvalue weighted by molar-refractivity contribution is 0.00563. The minimum Gasteiger partial charge on any atom is -0.467 e. The van der Waals surface area contributed by atoms with Gasteiger partial charge in [-0.05, 0) is 65.8 Å². The van der Waals surface area contributed by atoms with Gasteiger partial charge in [-0.2, -0.15) is 5.10 Å². The molecule has 0 unspecified atom stereocenters. The molecule has 1 saturated heterocycles. The van der Waals surface area contributed by atoms with Crippen molar-refractivity contribution in [3.05, 3.63) is 42.2 Å². The van der Waals surface area contributed by atoms with Crippen molar-refractivity contribution in [3.8, 4) is 17.1 Å². The number of nitrogens with zero attached hydrogens (tertiary/aromatic N) is 6. The van der Waals surface area contributed by atoms with Gasteiger partial charge in [0.2, 0.25) is 0 Å². The van der Waals surface area contributed by atoms with E-state index in [4.69, 9.17) is 28.9 Å². The summed E-state index contributed by atoms with van der Waals surface area (Å²) in [5.74, 6) is 0.254. The lowest BCUT2D eigenvalue weighted by atomic mass is 10.1. The van der Waals surface area contributed by atoms with Crippen LogP contribution in [0.2, 0.25) is 0 Å². The van der Waals surface area contributed by atoms with Crippen molar-refractivity contribution in [2.24, 2.45) is 7.05 Å². The number of hydrogen-bond donors (Lipinski definition) is 0. The van der Waals surface area contributed by atoms with Crippen LogP contribution in [0.4, 0.5) is 10.5 Å². The van der Waals surface area contributed by atoms with E-state index in [0.717, 1.165) is 16.6 Å². The number of carbonyl (C=O) groups excluding carboxylic acids is 2. The third-order valence-electron chi connectivity index (χ3n) is 7.33. The summed E-state index contributed by atoms with van der Waals surface area (Å²) in [6.45, 7) is 12.8. The number of rotatable bonds is 7. The summed E-state index contributed by atoms with van der Waals surface area (Å²) >= 11 is 0. The third-order valence-corrected chi connectivity index (χ3v) is 7.33. The van der Waals surface area contributed by atoms with Crippen LogP contribution in [0.15, 0.2) is 36.5 Å². The highest BCUT2D eigenvalue weighted by Gasteiger charge is 2.36. The molecule has 2 atom stereocenters. The van der Waals surface area contributed by atoms with Gasteiger partial charge in [-0.1, -0.05) is 0 Å². The average molecular weight is 605 g/mol. The SMILES string of the molecule is CCOC(=O)c1nc(-c2cc3cn(C)nc3cc2OCOC)nc2ccc(N3C[C@@H](C)N(C(=O)OC(C)(C)C)[C@@H](C)C3)cc12. The van der Waals surface area contributed by atoms with E-state index in [1.165, 1.54) is 0 Å². The summed E-state index contributed by atoms with van der Waals surface area (Å²) in [6.07, 6.45) is 1.57. The molecule has 2 aromatic carbocycles. The number of hydrogen-bond acceptors (Lipinski definition) is 10. The molecule has 0 saturated carbocycles. The second kappa shape index (κ2) is 12.3. The highest BCUT2D eigenvalue weighted by atomic mass is 16.7. The number of aromatic nitrogens is 4. The Morgan fingerprint density at radius 2 is 1.75 bits per heavy atom. The minimum absolute atomic E-state index is 0.0189. The first-order valence-electron chi connectivity index (χ1n) is 14.7. The van der Waals surface area contributed by atoms with Crippen molar-refractivity contribution < 1.29 is 28.5 Å². The molecule has 1 amide bonds. The first-order chi connectivity index (χ1) is 20.9. The number of fused-ring (bicyclic) bond motifs is 2. The molecular weight excluding hydrogens is 564 g/mol. The number of amides is 1. The Hall–Kier alpha value is -4.45. The van der Waals surface area contributed by atoms with Crippen molar-refractivity contribution in [3.63, 3.8) is 0 Å². The quantitative estimate of drug-likeness (QED) is 0.206. The van der Waals surface area contributed by atoms with Crippen LogP contribution < -0.4 is 9.64 Å². The van der Waals surface area contributed by atoms with Crippen molar-refractivity contribution >= 4 is 39.6 Å². The molecule has 1 aliphatic rings. The Labute approximate surface area is 256 Å². The van der Waals surface area contributed by atoms with Crippen molar-refractivity contribution in [1.29, 1.82) is 0 Å². The second-order valence-electron chi connectivity index (χ2n) is 12.1. The maximum absolute atomic E-state index is 13.3. The summed E-state index contributed by atoms with van der Waals surface area (Å²) in [6, 6.07) is 9.28. The number of ether oxygens (including phenoxy) is 4. The van der Waals surface area contributed by atoms with E-state index in [1.807, 2.05) is 78.2 Å². The molecule has 0 radical (unpaired) electrons. The van der Waals surface area contributed by atoms with Gasteiger partial charge in [-0.3, -0.25) is 9.58 Å². The van der Waals surface area contributed by atoms with Crippen LogP contribution in [-0.4, -0.2) is 88.0 Å². The summed E-state index contributed by atoms with van der Waals surface area (Å²) in [5.41, 5.74) is 2.40. The van der Waals surface area contributed by atoms with Gasteiger partial charge in [0.25, 0.3) is 0 Å². The molecule has 0 spiro atoms. The van der Waals surface area contributed by atoms with Gasteiger partial charge in [0.05, 0.1) is 35.3 Å². The smallest absolute Gasteiger partial charge is 0.410 e. The predicted molar refractivity (Wildman–Crippen MR) is 167 cm³/mol. The third kappa shape index (κ3) is 6.40. The summed E-state index contributed by atoms with van der Waals surface area (Å²) in [4.78, 5) is 39.8. The number of piperazine rings is 1. The number of anilines is 1. The van der Waals surface area contributed by atoms with E-state index < -0.39 is 11.6 Å². The molecule has 2 aromatic heterocycles. The topological polar surface area (TPSA) is 121 Å². The summed E-state index contributed by atoms with van der Waals surface area (Å²) in [5, 5.41) is 5.92. The van der Waals surface area contributed by atoms with Gasteiger partial charge in [0, 0.05) is 56.0 Å². The minimum atomic E-state index is -0.575. The fourth-order valence-corrected chi connectivity index (χ4v) is 5.59. The Balaban J connectivity index is 1.55. The van der Waals surface area contributed by atoms with E-state index in [9.17, 15) is 9.59 Å². The normalized spacial score (nSPS) is 17.3. The van der Waals surface area contributed by atoms with Gasteiger partial charge >= 0.3 is 12.1 Å². The number of benzene rings is 2. The molecule has 12 nitrogen and oxygen atoms in total. The maximum atomic E-state index is 13.3. The fraction of sp³-hybridized carbons (Fsp3) is 0.469. The van der Waals surface area contributed by atoms with Crippen molar-refractivity contribution in [1.82, 2.24) is 24.6 Å². The molecule has 1 aliphatic heterocycles. The van der Waals surface area contributed by atoms with Crippen LogP contribution in [0.5, 0.6) is 5.75 Å². The first kappa shape index (κ1) is 31.0. The Kier molecular flexibility index (Phi) is 8.64. The number of carbonyl (C=O) groups is 2. The van der Waals surface area contributed by atoms with E-state index in [0.29, 0.717) is 41.1 Å². The molecule has 0 N–H and O–H groups in total. The van der Waals surface area contributed by atoms with Crippen molar-refractivity contribution in [2.45, 2.75) is 59.2 Å². The zero-order valence-electron chi connectivity index (χ0n) is 26.6. The Bertz CT molecular complexity index is 1680. The number of methoxy groups -OCH3 is 1. The second-order valence-corrected chi connectivity index (χ2v) is 12.1. The van der Waals surface area contributed by atoms with Gasteiger partial charge < -0.3 is 23.8 Å². The lowest BCUT2D eigenvalue weighted by Gasteiger charge is -2.45. The zero-order valence-corrected chi connectivity index (χ0v) is 26.6. The molecule has 4 aromatic rings. The van der Waals surface area contributed by atoms with E-state index in [-0.39, 0.29) is 37.3 Å². The van der Waals surface area contributed by atoms with Gasteiger partial charge in [0.1, 0.15) is 11.4 Å². The fourth-order valence-electron chi connectivity index (χ4n) is 5.59. The van der Waals surface area contributed by atoms with E-state index >= 15 is 0 Å². The van der Waals surface area contributed by atoms with Crippen LogP contribution in [0.25, 0.3) is 33.2 Å². The highest BCUT2D eigenvalue weighted by molar-refractivity contribution is 6.03. The molecule has 44 heavy (non-hydrogen) atoms. The largest absolute Gasteiger partial charge is 0.467 e. The van der Waals surface area contributed by atoms with Gasteiger partial charge in [-0.15, -0.1) is 0 Å². The van der Waals surface area contributed by atoms with Crippen LogP contribution >= 0.6 is 0 Å². The monoisotopic (exact) mass is 604 g/mol. The highest BCUT2D eigenvalue weighted by Crippen LogP contribution is 2.35. The zero-order chi connectivity index (χ0) is 31.8. The van der Waals surface area contributed by atoms with Crippen LogP contribution in [-0.2, 0) is 21.3 Å². The molecule has 5 rings (SSSR count). The van der Waals surface area contributed by atoms with Crippen molar-refractivity contribution in [2.75, 3.05) is 38.5 Å². The van der Waals surface area contributed by atoms with Crippen LogP contribution in [0.3, 0.4) is 0 Å². The molecule has 12 heteroatoms. The summed E-state index contributed by atoms with van der Waals surface area (Å²) in [7, 11) is 3.39. The molecule has 3 heterocycles. The lowest BCUT2D eigenvalue weighted by Crippen LogP contribution is -2.59. The van der Waals surface area contributed by atoms with Crippen LogP contribution in [0.1, 0.15) is 52.0 Å². The number of aryl methyl sites for hydroxylation is 1. The Morgan fingerprint density at radius 3 is 2.41 bits per heavy atom. The average Bonchev–Trinajstić information content (AvgIpc) is 3.32. The van der Waals surface area contributed by atoms with Gasteiger partial charge in [0.15, 0.2) is 18.3 Å². The molecule has 0 aliphatic carbocycles. The molecule has 1 fully saturated rings. The van der Waals surface area contributed by atoms with Gasteiger partial charge in [-0.25, -0.2) is 19.6 Å². The Morgan fingerprint density at radius 1 is 1.02 bits per heavy atom. The maximum Gasteiger partial charge on any atom is 0.410 e. The van der Waals surface area contributed by atoms with E-state index in [2.05, 4.69) is 10.00 Å².